The summed E-state index contributed by atoms with van der Waals surface area (Å²) >= 11 is 0. The number of nitrogens with one attached hydrogen (secondary N) is 2. The van der Waals surface area contributed by atoms with Crippen LogP contribution < -0.4 is 20.1 Å². The largest absolute Gasteiger partial charge is 0.493 e. The molecule has 0 spiro atoms. The van der Waals surface area contributed by atoms with Gasteiger partial charge in [0.1, 0.15) is 0 Å². The molecule has 0 atom stereocenters. The maximum absolute atomic E-state index is 13.0. The summed E-state index contributed by atoms with van der Waals surface area (Å²) in [5.41, 5.74) is 2.98. The van der Waals surface area contributed by atoms with Gasteiger partial charge < -0.3 is 20.1 Å². The average Bonchev–Trinajstić information content (AvgIpc) is 3.23. The SMILES string of the molecule is COc1ccc(C(=O)Nc2cccc(C(C)(C)CNC(=O)c3nn(C)c4ccccc34)c2)cc1OC. The molecule has 0 aliphatic rings. The average molecular weight is 487 g/mol. The minimum atomic E-state index is -0.398. The van der Waals surface area contributed by atoms with Gasteiger partial charge in [0.05, 0.1) is 19.7 Å². The Morgan fingerprint density at radius 2 is 1.67 bits per heavy atom. The molecule has 4 rings (SSSR count). The van der Waals surface area contributed by atoms with E-state index in [1.807, 2.05) is 69.4 Å². The molecule has 0 saturated carbocycles. The molecule has 8 heteroatoms. The van der Waals surface area contributed by atoms with Gasteiger partial charge in [0, 0.05) is 35.6 Å². The van der Waals surface area contributed by atoms with Crippen molar-refractivity contribution >= 4 is 28.4 Å². The minimum absolute atomic E-state index is 0.224. The summed E-state index contributed by atoms with van der Waals surface area (Å²) in [5.74, 6) is 0.550. The lowest BCUT2D eigenvalue weighted by Gasteiger charge is -2.26. The van der Waals surface area contributed by atoms with Crippen LogP contribution in [-0.2, 0) is 12.5 Å². The number of hydrogen-bond donors (Lipinski definition) is 2. The third kappa shape index (κ3) is 5.02. The van der Waals surface area contributed by atoms with E-state index < -0.39 is 5.41 Å². The zero-order chi connectivity index (χ0) is 25.9. The molecular weight excluding hydrogens is 456 g/mol. The molecule has 1 heterocycles. The van der Waals surface area contributed by atoms with Crippen molar-refractivity contribution in [3.05, 3.63) is 83.6 Å². The van der Waals surface area contributed by atoms with Gasteiger partial charge in [-0.25, -0.2) is 0 Å². The summed E-state index contributed by atoms with van der Waals surface area (Å²) in [7, 11) is 4.90. The van der Waals surface area contributed by atoms with Crippen LogP contribution in [-0.4, -0.2) is 42.4 Å². The van der Waals surface area contributed by atoms with Crippen LogP contribution >= 0.6 is 0 Å². The van der Waals surface area contributed by atoms with Gasteiger partial charge >= 0.3 is 0 Å². The van der Waals surface area contributed by atoms with Gasteiger partial charge in [-0.2, -0.15) is 5.10 Å². The van der Waals surface area contributed by atoms with Crippen LogP contribution in [0.3, 0.4) is 0 Å². The first-order valence-corrected chi connectivity index (χ1v) is 11.6. The van der Waals surface area contributed by atoms with Crippen molar-refractivity contribution in [3.63, 3.8) is 0 Å². The van der Waals surface area contributed by atoms with Crippen LogP contribution in [0.1, 0.15) is 40.3 Å². The third-order valence-electron chi connectivity index (χ3n) is 6.21. The van der Waals surface area contributed by atoms with Gasteiger partial charge in [0.25, 0.3) is 11.8 Å². The fraction of sp³-hybridized carbons (Fsp3) is 0.250. The van der Waals surface area contributed by atoms with Crippen LogP contribution in [0.15, 0.2) is 66.7 Å². The van der Waals surface area contributed by atoms with E-state index in [9.17, 15) is 9.59 Å². The number of para-hydroxylation sites is 1. The minimum Gasteiger partial charge on any atom is -0.493 e. The van der Waals surface area contributed by atoms with Crippen molar-refractivity contribution in [2.45, 2.75) is 19.3 Å². The number of aromatic nitrogens is 2. The molecule has 0 unspecified atom stereocenters. The molecule has 2 amide bonds. The highest BCUT2D eigenvalue weighted by Gasteiger charge is 2.24. The predicted octanol–water partition coefficient (Wildman–Crippen LogP) is 4.55. The van der Waals surface area contributed by atoms with Crippen molar-refractivity contribution in [2.24, 2.45) is 7.05 Å². The topological polar surface area (TPSA) is 94.5 Å². The zero-order valence-corrected chi connectivity index (χ0v) is 21.1. The molecule has 2 N–H and O–H groups in total. The van der Waals surface area contributed by atoms with Gasteiger partial charge in [-0.3, -0.25) is 14.3 Å². The number of hydrogen-bond acceptors (Lipinski definition) is 5. The number of benzene rings is 3. The Hall–Kier alpha value is -4.33. The second kappa shape index (κ2) is 10.1. The number of amides is 2. The summed E-state index contributed by atoms with van der Waals surface area (Å²) in [5, 5.41) is 11.2. The number of fused-ring (bicyclic) bond motifs is 1. The lowest BCUT2D eigenvalue weighted by molar-refractivity contribution is 0.0941. The molecule has 0 aliphatic heterocycles. The van der Waals surface area contributed by atoms with E-state index in [0.717, 1.165) is 16.5 Å². The molecule has 1 aromatic heterocycles. The van der Waals surface area contributed by atoms with E-state index in [-0.39, 0.29) is 11.8 Å². The number of carbonyl (C=O) groups is 2. The lowest BCUT2D eigenvalue weighted by Crippen LogP contribution is -2.37. The van der Waals surface area contributed by atoms with E-state index in [2.05, 4.69) is 15.7 Å². The number of methoxy groups -OCH3 is 2. The first-order valence-electron chi connectivity index (χ1n) is 11.6. The maximum Gasteiger partial charge on any atom is 0.272 e. The van der Waals surface area contributed by atoms with Crippen LogP contribution in [0.2, 0.25) is 0 Å². The number of carbonyl (C=O) groups excluding carboxylic acids is 2. The summed E-state index contributed by atoms with van der Waals surface area (Å²) in [6, 6.07) is 20.3. The second-order valence-electron chi connectivity index (χ2n) is 9.16. The van der Waals surface area contributed by atoms with Crippen molar-refractivity contribution in [1.29, 1.82) is 0 Å². The standard InChI is InChI=1S/C28H30N4O4/c1-28(2,17-29-27(34)25-21-11-6-7-12-22(21)32(3)31-25)19-9-8-10-20(16-19)30-26(33)18-13-14-23(35-4)24(15-18)36-5/h6-16H,17H2,1-5H3,(H,29,34)(H,30,33). The van der Waals surface area contributed by atoms with Crippen molar-refractivity contribution < 1.29 is 19.1 Å². The second-order valence-corrected chi connectivity index (χ2v) is 9.16. The summed E-state index contributed by atoms with van der Waals surface area (Å²) in [4.78, 5) is 25.8. The number of nitrogens with zero attached hydrogens (tertiary/aromatic N) is 2. The molecule has 0 fully saturated rings. The third-order valence-corrected chi connectivity index (χ3v) is 6.21. The molecule has 0 bridgehead atoms. The van der Waals surface area contributed by atoms with Crippen molar-refractivity contribution in [1.82, 2.24) is 15.1 Å². The predicted molar refractivity (Wildman–Crippen MR) is 140 cm³/mol. The Kier molecular flexibility index (Phi) is 6.96. The fourth-order valence-corrected chi connectivity index (χ4v) is 4.07. The van der Waals surface area contributed by atoms with E-state index in [1.54, 1.807) is 30.0 Å². The van der Waals surface area contributed by atoms with E-state index in [4.69, 9.17) is 9.47 Å². The van der Waals surface area contributed by atoms with Crippen LogP contribution in [0, 0.1) is 0 Å². The Morgan fingerprint density at radius 3 is 2.42 bits per heavy atom. The van der Waals surface area contributed by atoms with E-state index >= 15 is 0 Å². The molecule has 0 saturated heterocycles. The highest BCUT2D eigenvalue weighted by Crippen LogP contribution is 2.29. The molecular formula is C28H30N4O4. The zero-order valence-electron chi connectivity index (χ0n) is 21.1. The van der Waals surface area contributed by atoms with Gasteiger partial charge in [0.2, 0.25) is 0 Å². The smallest absolute Gasteiger partial charge is 0.272 e. The highest BCUT2D eigenvalue weighted by molar-refractivity contribution is 6.05. The summed E-state index contributed by atoms with van der Waals surface area (Å²) in [6.45, 7) is 4.47. The van der Waals surface area contributed by atoms with Crippen molar-refractivity contribution in [3.8, 4) is 11.5 Å². The van der Waals surface area contributed by atoms with Gasteiger partial charge in [-0.05, 0) is 42.0 Å². The highest BCUT2D eigenvalue weighted by atomic mass is 16.5. The van der Waals surface area contributed by atoms with Crippen LogP contribution in [0.4, 0.5) is 5.69 Å². The summed E-state index contributed by atoms with van der Waals surface area (Å²) < 4.78 is 12.2. The van der Waals surface area contributed by atoms with Gasteiger partial charge in [-0.1, -0.05) is 44.2 Å². The van der Waals surface area contributed by atoms with Crippen LogP contribution in [0.25, 0.3) is 10.9 Å². The lowest BCUT2D eigenvalue weighted by atomic mass is 9.84. The molecule has 8 nitrogen and oxygen atoms in total. The van der Waals surface area contributed by atoms with Crippen molar-refractivity contribution in [2.75, 3.05) is 26.1 Å². The number of rotatable bonds is 8. The Balaban J connectivity index is 1.46. The normalized spacial score (nSPS) is 11.2. The van der Waals surface area contributed by atoms with Gasteiger partial charge in [-0.15, -0.1) is 0 Å². The Morgan fingerprint density at radius 1 is 0.917 bits per heavy atom. The first-order chi connectivity index (χ1) is 17.2. The molecule has 0 radical (unpaired) electrons. The number of anilines is 1. The summed E-state index contributed by atoms with van der Waals surface area (Å²) in [6.07, 6.45) is 0. The number of aryl methyl sites for hydroxylation is 1. The molecule has 4 aromatic rings. The van der Waals surface area contributed by atoms with Gasteiger partial charge in [0.15, 0.2) is 17.2 Å². The Bertz CT molecular complexity index is 1420. The first kappa shape index (κ1) is 24.8. The Labute approximate surface area is 210 Å². The monoisotopic (exact) mass is 486 g/mol. The quantitative estimate of drug-likeness (QED) is 0.381. The number of ether oxygens (including phenoxy) is 2. The molecule has 36 heavy (non-hydrogen) atoms. The maximum atomic E-state index is 13.0. The molecule has 0 aliphatic carbocycles. The van der Waals surface area contributed by atoms with E-state index in [0.29, 0.717) is 35.0 Å². The molecule has 186 valence electrons. The van der Waals surface area contributed by atoms with Crippen LogP contribution in [0.5, 0.6) is 11.5 Å². The fourth-order valence-electron chi connectivity index (χ4n) is 4.07. The molecule has 3 aromatic carbocycles. The van der Waals surface area contributed by atoms with E-state index in [1.165, 1.54) is 7.11 Å².